The zero-order valence-electron chi connectivity index (χ0n) is 12.8. The fourth-order valence-corrected chi connectivity index (χ4v) is 2.38. The maximum Gasteiger partial charge on any atom is 0.0766 e. The molecule has 1 rings (SSSR count). The maximum absolute atomic E-state index is 9.10. The molecule has 0 aromatic rings. The van der Waals surface area contributed by atoms with Gasteiger partial charge in [0.1, 0.15) is 0 Å². The van der Waals surface area contributed by atoms with Crippen molar-refractivity contribution in [3.8, 4) is 0 Å². The molecule has 1 N–H and O–H groups in total. The van der Waals surface area contributed by atoms with Gasteiger partial charge in [-0.2, -0.15) is 0 Å². The summed E-state index contributed by atoms with van der Waals surface area (Å²) in [5, 5.41) is 9.10. The monoisotopic (exact) mass is 266 g/mol. The molecule has 0 aromatic carbocycles. The van der Waals surface area contributed by atoms with Gasteiger partial charge in [-0.3, -0.25) is 0 Å². The van der Waals surface area contributed by atoms with Crippen LogP contribution in [0.15, 0.2) is 37.0 Å². The Morgan fingerprint density at radius 1 is 1.37 bits per heavy atom. The van der Waals surface area contributed by atoms with Crippen molar-refractivity contribution in [2.24, 2.45) is 5.92 Å². The van der Waals surface area contributed by atoms with Crippen LogP contribution >= 0.6 is 0 Å². The number of allylic oxidation sites excluding steroid dienone is 3. The summed E-state index contributed by atoms with van der Waals surface area (Å²) in [6.07, 6.45) is 10.0. The van der Waals surface area contributed by atoms with Gasteiger partial charge in [0, 0.05) is 6.61 Å². The Labute approximate surface area is 118 Å². The Morgan fingerprint density at radius 2 is 2.05 bits per heavy atom. The SMILES string of the molecule is C=C/C=C(\CC=C)C(C)O[C@H]1CC[C@@H](CO)C1.CC. The van der Waals surface area contributed by atoms with Crippen LogP contribution in [0.1, 0.15) is 46.5 Å². The van der Waals surface area contributed by atoms with Gasteiger partial charge in [0.25, 0.3) is 0 Å². The maximum atomic E-state index is 9.10. The minimum Gasteiger partial charge on any atom is -0.396 e. The molecule has 2 nitrogen and oxygen atoms in total. The first-order valence-corrected chi connectivity index (χ1v) is 7.40. The van der Waals surface area contributed by atoms with Crippen LogP contribution in [0.2, 0.25) is 0 Å². The molecule has 2 heteroatoms. The quantitative estimate of drug-likeness (QED) is 0.551. The summed E-state index contributed by atoms with van der Waals surface area (Å²) in [5.41, 5.74) is 1.21. The van der Waals surface area contributed by atoms with Crippen LogP contribution in [0, 0.1) is 5.92 Å². The molecule has 0 amide bonds. The molecule has 0 bridgehead atoms. The lowest BCUT2D eigenvalue weighted by atomic mass is 10.1. The first-order chi connectivity index (χ1) is 9.21. The highest BCUT2D eigenvalue weighted by Gasteiger charge is 2.26. The summed E-state index contributed by atoms with van der Waals surface area (Å²) >= 11 is 0. The number of rotatable bonds is 7. The summed E-state index contributed by atoms with van der Waals surface area (Å²) in [4.78, 5) is 0. The Kier molecular flexibility index (Phi) is 10.5. The lowest BCUT2D eigenvalue weighted by Gasteiger charge is -2.20. The molecule has 1 aliphatic rings. The molecule has 0 aliphatic heterocycles. The van der Waals surface area contributed by atoms with Gasteiger partial charge < -0.3 is 9.84 Å². The molecule has 0 saturated heterocycles. The molecule has 0 spiro atoms. The van der Waals surface area contributed by atoms with Crippen LogP contribution in [0.25, 0.3) is 0 Å². The number of aliphatic hydroxyl groups excluding tert-OH is 1. The van der Waals surface area contributed by atoms with Crippen LogP contribution in [0.5, 0.6) is 0 Å². The molecule has 1 unspecified atom stereocenters. The summed E-state index contributed by atoms with van der Waals surface area (Å²) < 4.78 is 6.04. The molecular weight excluding hydrogens is 236 g/mol. The van der Waals surface area contributed by atoms with Crippen LogP contribution in [-0.4, -0.2) is 23.9 Å². The van der Waals surface area contributed by atoms with Crippen LogP contribution in [-0.2, 0) is 4.74 Å². The Morgan fingerprint density at radius 3 is 2.53 bits per heavy atom. The lowest BCUT2D eigenvalue weighted by molar-refractivity contribution is 0.0167. The van der Waals surface area contributed by atoms with E-state index in [1.54, 1.807) is 6.08 Å². The van der Waals surface area contributed by atoms with E-state index < -0.39 is 0 Å². The van der Waals surface area contributed by atoms with E-state index in [9.17, 15) is 0 Å². The van der Waals surface area contributed by atoms with Gasteiger partial charge in [0.15, 0.2) is 0 Å². The van der Waals surface area contributed by atoms with Crippen molar-refractivity contribution in [2.45, 2.75) is 58.7 Å². The standard InChI is InChI=1S/C15H24O2.C2H6/c1-4-6-14(7-5-2)12(3)17-15-9-8-13(10-15)11-16;1-2/h4-6,12-13,15-16H,1-2,7-11H2,3H3;1-2H3/b14-6+;/t12?,13-,15+;/m1./s1. The van der Waals surface area contributed by atoms with E-state index in [2.05, 4.69) is 20.1 Å². The van der Waals surface area contributed by atoms with Crippen LogP contribution < -0.4 is 0 Å². The molecule has 19 heavy (non-hydrogen) atoms. The Balaban J connectivity index is 0.00000154. The van der Waals surface area contributed by atoms with Crippen molar-refractivity contribution >= 4 is 0 Å². The van der Waals surface area contributed by atoms with Gasteiger partial charge in [-0.05, 0) is 44.1 Å². The van der Waals surface area contributed by atoms with Gasteiger partial charge >= 0.3 is 0 Å². The Hall–Kier alpha value is -0.860. The molecular formula is C17H30O2. The molecule has 1 saturated carbocycles. The minimum absolute atomic E-state index is 0.105. The smallest absolute Gasteiger partial charge is 0.0766 e. The zero-order valence-corrected chi connectivity index (χ0v) is 12.8. The minimum atomic E-state index is 0.105. The first-order valence-electron chi connectivity index (χ1n) is 7.40. The summed E-state index contributed by atoms with van der Waals surface area (Å²) in [6, 6.07) is 0. The number of hydrogen-bond donors (Lipinski definition) is 1. The van der Waals surface area contributed by atoms with E-state index in [0.29, 0.717) is 12.0 Å². The second-order valence-corrected chi connectivity index (χ2v) is 4.73. The number of hydrogen-bond acceptors (Lipinski definition) is 2. The normalized spacial score (nSPS) is 24.3. The van der Waals surface area contributed by atoms with Gasteiger partial charge in [0.05, 0.1) is 12.2 Å². The van der Waals surface area contributed by atoms with Crippen molar-refractivity contribution in [1.29, 1.82) is 0 Å². The largest absolute Gasteiger partial charge is 0.396 e. The third-order valence-electron chi connectivity index (χ3n) is 3.38. The van der Waals surface area contributed by atoms with E-state index in [0.717, 1.165) is 25.7 Å². The summed E-state index contributed by atoms with van der Waals surface area (Å²) in [5.74, 6) is 0.429. The highest BCUT2D eigenvalue weighted by atomic mass is 16.5. The van der Waals surface area contributed by atoms with Gasteiger partial charge in [-0.1, -0.05) is 38.7 Å². The van der Waals surface area contributed by atoms with E-state index in [-0.39, 0.29) is 12.7 Å². The summed E-state index contributed by atoms with van der Waals surface area (Å²) in [6.45, 7) is 13.8. The molecule has 0 radical (unpaired) electrons. The molecule has 3 atom stereocenters. The highest BCUT2D eigenvalue weighted by Crippen LogP contribution is 2.29. The summed E-state index contributed by atoms with van der Waals surface area (Å²) in [7, 11) is 0. The topological polar surface area (TPSA) is 29.5 Å². The van der Waals surface area contributed by atoms with Gasteiger partial charge in [-0.15, -0.1) is 6.58 Å². The molecule has 1 aliphatic carbocycles. The van der Waals surface area contributed by atoms with Crippen molar-refractivity contribution in [3.05, 3.63) is 37.0 Å². The molecule has 0 aromatic heterocycles. The van der Waals surface area contributed by atoms with E-state index in [1.165, 1.54) is 5.57 Å². The molecule has 1 fully saturated rings. The second kappa shape index (κ2) is 11.0. The first kappa shape index (κ1) is 18.1. The number of ether oxygens (including phenoxy) is 1. The molecule has 110 valence electrons. The molecule has 0 heterocycles. The van der Waals surface area contributed by atoms with Crippen molar-refractivity contribution in [1.82, 2.24) is 0 Å². The third kappa shape index (κ3) is 6.74. The van der Waals surface area contributed by atoms with Crippen molar-refractivity contribution < 1.29 is 9.84 Å². The predicted octanol–water partition coefficient (Wildman–Crippen LogP) is 4.27. The zero-order chi connectivity index (χ0) is 14.7. The van der Waals surface area contributed by atoms with E-state index in [1.807, 2.05) is 26.0 Å². The van der Waals surface area contributed by atoms with E-state index >= 15 is 0 Å². The average Bonchev–Trinajstić information content (AvgIpc) is 2.88. The van der Waals surface area contributed by atoms with Gasteiger partial charge in [-0.25, -0.2) is 0 Å². The second-order valence-electron chi connectivity index (χ2n) is 4.73. The van der Waals surface area contributed by atoms with Gasteiger partial charge in [0.2, 0.25) is 0 Å². The van der Waals surface area contributed by atoms with E-state index in [4.69, 9.17) is 9.84 Å². The van der Waals surface area contributed by atoms with Crippen LogP contribution in [0.4, 0.5) is 0 Å². The third-order valence-corrected chi connectivity index (χ3v) is 3.38. The van der Waals surface area contributed by atoms with Crippen LogP contribution in [0.3, 0.4) is 0 Å². The predicted molar refractivity (Wildman–Crippen MR) is 83.2 cm³/mol. The Bertz CT molecular complexity index is 281. The lowest BCUT2D eigenvalue weighted by Crippen LogP contribution is -2.19. The fraction of sp³-hybridized carbons (Fsp3) is 0.647. The fourth-order valence-electron chi connectivity index (χ4n) is 2.38. The average molecular weight is 266 g/mol. The van der Waals surface area contributed by atoms with Crippen molar-refractivity contribution in [3.63, 3.8) is 0 Å². The highest BCUT2D eigenvalue weighted by molar-refractivity contribution is 5.17. The van der Waals surface area contributed by atoms with Crippen molar-refractivity contribution in [2.75, 3.05) is 6.61 Å². The number of aliphatic hydroxyl groups is 1.